The first-order valence-electron chi connectivity index (χ1n) is 8.27. The van der Waals surface area contributed by atoms with Crippen molar-refractivity contribution in [3.8, 4) is 11.3 Å². The number of nitrogens with one attached hydrogen (secondary N) is 1. The highest BCUT2D eigenvalue weighted by atomic mass is 16.2. The first kappa shape index (κ1) is 15.4. The molecule has 0 saturated heterocycles. The van der Waals surface area contributed by atoms with Gasteiger partial charge in [-0.3, -0.25) is 14.7 Å². The van der Waals surface area contributed by atoms with Gasteiger partial charge in [0.25, 0.3) is 5.56 Å². The third-order valence-electron chi connectivity index (χ3n) is 4.54. The van der Waals surface area contributed by atoms with Crippen molar-refractivity contribution in [1.82, 2.24) is 19.7 Å². The van der Waals surface area contributed by atoms with Gasteiger partial charge in [0.1, 0.15) is 6.54 Å². The summed E-state index contributed by atoms with van der Waals surface area (Å²) in [7, 11) is 0. The molecule has 3 heterocycles. The van der Waals surface area contributed by atoms with Gasteiger partial charge < -0.3 is 9.47 Å². The Morgan fingerprint density at radius 3 is 2.72 bits per heavy atom. The van der Waals surface area contributed by atoms with Gasteiger partial charge in [0.2, 0.25) is 5.91 Å². The predicted molar refractivity (Wildman–Crippen MR) is 93.8 cm³/mol. The van der Waals surface area contributed by atoms with Gasteiger partial charge in [-0.15, -0.1) is 0 Å². The van der Waals surface area contributed by atoms with Gasteiger partial charge >= 0.3 is 0 Å². The zero-order valence-electron chi connectivity index (χ0n) is 13.7. The summed E-state index contributed by atoms with van der Waals surface area (Å²) in [6.45, 7) is 1.20. The van der Waals surface area contributed by atoms with Crippen molar-refractivity contribution in [2.45, 2.75) is 19.5 Å². The number of nitrogens with zero attached hydrogens (tertiary/aromatic N) is 3. The molecule has 0 bridgehead atoms. The van der Waals surface area contributed by atoms with Crippen molar-refractivity contribution in [2.24, 2.45) is 0 Å². The molecule has 0 saturated carbocycles. The zero-order chi connectivity index (χ0) is 17.2. The summed E-state index contributed by atoms with van der Waals surface area (Å²) in [5.74, 6) is -0.0563. The molecule has 4 rings (SSSR count). The lowest BCUT2D eigenvalue weighted by Gasteiger charge is -2.27. The third-order valence-corrected chi connectivity index (χ3v) is 4.54. The van der Waals surface area contributed by atoms with E-state index in [0.29, 0.717) is 13.1 Å². The van der Waals surface area contributed by atoms with Gasteiger partial charge in [0, 0.05) is 48.6 Å². The Morgan fingerprint density at radius 2 is 1.92 bits per heavy atom. The van der Waals surface area contributed by atoms with Crippen LogP contribution in [-0.2, 0) is 24.3 Å². The molecule has 3 aromatic rings. The molecule has 0 aliphatic carbocycles. The molecule has 0 radical (unpaired) electrons. The Hall–Kier alpha value is -3.15. The number of fused-ring (bicyclic) bond motifs is 1. The average molecular weight is 334 g/mol. The normalized spacial score (nSPS) is 13.5. The number of carbonyl (C=O) groups is 1. The van der Waals surface area contributed by atoms with E-state index >= 15 is 0 Å². The minimum Gasteiger partial charge on any atom is -0.336 e. The molecule has 0 spiro atoms. The van der Waals surface area contributed by atoms with Crippen LogP contribution in [0.3, 0.4) is 0 Å². The number of carbonyl (C=O) groups excluding carboxylic acids is 1. The van der Waals surface area contributed by atoms with E-state index in [1.807, 2.05) is 30.3 Å². The number of amides is 1. The summed E-state index contributed by atoms with van der Waals surface area (Å²) < 4.78 is 1.44. The fraction of sp³-hybridized carbons (Fsp3) is 0.211. The molecule has 0 atom stereocenters. The second-order valence-corrected chi connectivity index (χ2v) is 6.13. The summed E-state index contributed by atoms with van der Waals surface area (Å²) in [6.07, 6.45) is 2.38. The predicted octanol–water partition coefficient (Wildman–Crippen LogP) is 1.82. The number of pyridine rings is 1. The van der Waals surface area contributed by atoms with Crippen LogP contribution in [0.5, 0.6) is 0 Å². The van der Waals surface area contributed by atoms with E-state index in [1.54, 1.807) is 23.2 Å². The van der Waals surface area contributed by atoms with Gasteiger partial charge in [-0.2, -0.15) is 5.10 Å². The van der Waals surface area contributed by atoms with Gasteiger partial charge in [-0.05, 0) is 6.07 Å². The van der Waals surface area contributed by atoms with Gasteiger partial charge in [0.05, 0.1) is 5.69 Å². The number of hydrogen-bond acceptors (Lipinski definition) is 3. The molecule has 0 fully saturated rings. The SMILES string of the molecule is O=C(Cn1ccccc1=O)N1CCc2[nH]nc(-c3ccccc3)c2C1. The molecule has 6 heteroatoms. The number of aromatic nitrogens is 3. The maximum absolute atomic E-state index is 12.6. The Balaban J connectivity index is 1.57. The van der Waals surface area contributed by atoms with Gasteiger partial charge in [-0.25, -0.2) is 0 Å². The van der Waals surface area contributed by atoms with E-state index in [9.17, 15) is 9.59 Å². The Labute approximate surface area is 144 Å². The van der Waals surface area contributed by atoms with E-state index in [1.165, 1.54) is 10.6 Å². The van der Waals surface area contributed by atoms with Crippen LogP contribution in [0.25, 0.3) is 11.3 Å². The minimum absolute atomic E-state index is 0.0563. The third kappa shape index (κ3) is 2.98. The molecule has 2 aromatic heterocycles. The van der Waals surface area contributed by atoms with E-state index < -0.39 is 0 Å². The first-order chi connectivity index (χ1) is 12.2. The molecule has 1 aromatic carbocycles. The van der Waals surface area contributed by atoms with Crippen molar-refractivity contribution < 1.29 is 4.79 Å². The van der Waals surface area contributed by atoms with E-state index in [0.717, 1.165) is 28.9 Å². The summed E-state index contributed by atoms with van der Waals surface area (Å²) in [6, 6.07) is 14.8. The van der Waals surface area contributed by atoms with Crippen LogP contribution in [0.4, 0.5) is 0 Å². The molecule has 126 valence electrons. The topological polar surface area (TPSA) is 71.0 Å². The van der Waals surface area contributed by atoms with Crippen molar-refractivity contribution >= 4 is 5.91 Å². The first-order valence-corrected chi connectivity index (χ1v) is 8.27. The smallest absolute Gasteiger partial charge is 0.250 e. The molecule has 1 aliphatic heterocycles. The summed E-state index contributed by atoms with van der Waals surface area (Å²) in [5, 5.41) is 7.54. The molecular formula is C19H18N4O2. The van der Waals surface area contributed by atoms with E-state index in [-0.39, 0.29) is 18.0 Å². The zero-order valence-corrected chi connectivity index (χ0v) is 13.7. The minimum atomic E-state index is -0.165. The van der Waals surface area contributed by atoms with Crippen LogP contribution in [0.1, 0.15) is 11.3 Å². The van der Waals surface area contributed by atoms with Crippen molar-refractivity contribution in [2.75, 3.05) is 6.54 Å². The number of aromatic amines is 1. The fourth-order valence-electron chi connectivity index (χ4n) is 3.18. The lowest BCUT2D eigenvalue weighted by Crippen LogP contribution is -2.39. The van der Waals surface area contributed by atoms with Crippen molar-refractivity contribution in [1.29, 1.82) is 0 Å². The summed E-state index contributed by atoms with van der Waals surface area (Å²) in [4.78, 5) is 26.2. The highest BCUT2D eigenvalue weighted by Crippen LogP contribution is 2.28. The average Bonchev–Trinajstić information content (AvgIpc) is 3.07. The van der Waals surface area contributed by atoms with Crippen molar-refractivity contribution in [3.63, 3.8) is 0 Å². The maximum Gasteiger partial charge on any atom is 0.250 e. The van der Waals surface area contributed by atoms with Crippen LogP contribution < -0.4 is 5.56 Å². The standard InChI is InChI=1S/C19H18N4O2/c24-17-8-4-5-10-22(17)13-18(25)23-11-9-16-15(12-23)19(21-20-16)14-6-2-1-3-7-14/h1-8,10H,9,11-13H2,(H,20,21). The summed E-state index contributed by atoms with van der Waals surface area (Å²) >= 11 is 0. The Kier molecular flexibility index (Phi) is 3.93. The number of hydrogen-bond donors (Lipinski definition) is 1. The van der Waals surface area contributed by atoms with Crippen molar-refractivity contribution in [3.05, 3.63) is 76.3 Å². The monoisotopic (exact) mass is 334 g/mol. The Bertz CT molecular complexity index is 959. The highest BCUT2D eigenvalue weighted by Gasteiger charge is 2.25. The lowest BCUT2D eigenvalue weighted by molar-refractivity contribution is -0.132. The fourth-order valence-corrected chi connectivity index (χ4v) is 3.18. The molecule has 6 nitrogen and oxygen atoms in total. The van der Waals surface area contributed by atoms with E-state index in [4.69, 9.17) is 0 Å². The molecule has 25 heavy (non-hydrogen) atoms. The second-order valence-electron chi connectivity index (χ2n) is 6.13. The number of rotatable bonds is 3. The van der Waals surface area contributed by atoms with Crippen LogP contribution in [0, 0.1) is 0 Å². The number of H-pyrrole nitrogens is 1. The molecule has 1 amide bonds. The van der Waals surface area contributed by atoms with E-state index in [2.05, 4.69) is 10.2 Å². The largest absolute Gasteiger partial charge is 0.336 e. The number of benzene rings is 1. The summed E-state index contributed by atoms with van der Waals surface area (Å²) in [5.41, 5.74) is 3.91. The lowest BCUT2D eigenvalue weighted by atomic mass is 10.0. The maximum atomic E-state index is 12.6. The Morgan fingerprint density at radius 1 is 1.12 bits per heavy atom. The van der Waals surface area contributed by atoms with Crippen LogP contribution in [0.2, 0.25) is 0 Å². The highest BCUT2D eigenvalue weighted by molar-refractivity contribution is 5.77. The molecular weight excluding hydrogens is 316 g/mol. The van der Waals surface area contributed by atoms with Crippen LogP contribution >= 0.6 is 0 Å². The second kappa shape index (κ2) is 6.39. The van der Waals surface area contributed by atoms with Crippen LogP contribution in [0.15, 0.2) is 59.5 Å². The molecule has 0 unspecified atom stereocenters. The van der Waals surface area contributed by atoms with Crippen LogP contribution in [-0.4, -0.2) is 32.1 Å². The molecule has 1 aliphatic rings. The molecule has 1 N–H and O–H groups in total. The van der Waals surface area contributed by atoms with Gasteiger partial charge in [-0.1, -0.05) is 36.4 Å². The van der Waals surface area contributed by atoms with Gasteiger partial charge in [0.15, 0.2) is 0 Å². The quantitative estimate of drug-likeness (QED) is 0.794.